The van der Waals surface area contributed by atoms with Crippen LogP contribution in [0.3, 0.4) is 0 Å². The number of nitrogens with zero attached hydrogens (tertiary/aromatic N) is 2. The van der Waals surface area contributed by atoms with Gasteiger partial charge >= 0.3 is 0 Å². The summed E-state index contributed by atoms with van der Waals surface area (Å²) in [4.78, 5) is 18.6. The molecule has 5 heteroatoms. The van der Waals surface area contributed by atoms with Crippen LogP contribution in [0.4, 0.5) is 0 Å². The predicted octanol–water partition coefficient (Wildman–Crippen LogP) is 6.32. The second-order valence-electron chi connectivity index (χ2n) is 10.4. The highest BCUT2D eigenvalue weighted by atomic mass is 16.5. The van der Waals surface area contributed by atoms with Crippen molar-refractivity contribution in [1.82, 2.24) is 9.80 Å². The number of amides is 1. The Balaban J connectivity index is 1.40. The van der Waals surface area contributed by atoms with E-state index >= 15 is 0 Å². The number of hydrogen-bond donors (Lipinski definition) is 0. The standard InChI is InChI=1S/C32H38N2O3/c1-36-30-17-16-28(20-31(30)37-2)32(35)34(22-25-14-15-26-11-6-7-12-27(26)19-25)23-29-13-8-18-33(29)21-24-9-4-3-5-10-24/h3-4,6-7,11-12,14-17,19-20,24,29H,5,8-10,13,18,21-23H2,1-2H3. The average molecular weight is 499 g/mol. The molecule has 2 unspecified atom stereocenters. The van der Waals surface area contributed by atoms with Gasteiger partial charge in [0.15, 0.2) is 11.5 Å². The van der Waals surface area contributed by atoms with Gasteiger partial charge in [0, 0.05) is 31.2 Å². The maximum Gasteiger partial charge on any atom is 0.254 e. The van der Waals surface area contributed by atoms with Gasteiger partial charge in [0.2, 0.25) is 0 Å². The summed E-state index contributed by atoms with van der Waals surface area (Å²) in [5, 5.41) is 2.42. The van der Waals surface area contributed by atoms with Gasteiger partial charge in [-0.15, -0.1) is 0 Å². The van der Waals surface area contributed by atoms with Gasteiger partial charge in [-0.1, -0.05) is 48.6 Å². The average Bonchev–Trinajstić information content (AvgIpc) is 3.38. The Kier molecular flexibility index (Phi) is 8.10. The molecule has 3 aromatic carbocycles. The number of likely N-dealkylation sites (tertiary alicyclic amines) is 1. The molecule has 0 N–H and O–H groups in total. The summed E-state index contributed by atoms with van der Waals surface area (Å²) in [6.07, 6.45) is 10.6. The number of methoxy groups -OCH3 is 2. The lowest BCUT2D eigenvalue weighted by Crippen LogP contribution is -2.44. The molecule has 3 aromatic rings. The van der Waals surface area contributed by atoms with Crippen molar-refractivity contribution in [2.75, 3.05) is 33.9 Å². The zero-order valence-electron chi connectivity index (χ0n) is 22.1. The van der Waals surface area contributed by atoms with Crippen LogP contribution in [-0.2, 0) is 6.54 Å². The summed E-state index contributed by atoms with van der Waals surface area (Å²) in [5.74, 6) is 1.96. The van der Waals surface area contributed by atoms with Crippen LogP contribution >= 0.6 is 0 Å². The van der Waals surface area contributed by atoms with Crippen LogP contribution in [0.2, 0.25) is 0 Å². The van der Waals surface area contributed by atoms with Crippen LogP contribution in [0, 0.1) is 5.92 Å². The fraction of sp³-hybridized carbons (Fsp3) is 0.406. The Morgan fingerprint density at radius 2 is 1.78 bits per heavy atom. The molecule has 5 nitrogen and oxygen atoms in total. The van der Waals surface area contributed by atoms with Gasteiger partial charge in [0.1, 0.15) is 0 Å². The fourth-order valence-corrected chi connectivity index (χ4v) is 5.88. The molecule has 2 atom stereocenters. The van der Waals surface area contributed by atoms with E-state index in [2.05, 4.69) is 59.5 Å². The molecule has 1 aliphatic heterocycles. The van der Waals surface area contributed by atoms with Crippen LogP contribution in [0.1, 0.15) is 48.0 Å². The molecule has 1 heterocycles. The van der Waals surface area contributed by atoms with Crippen molar-refractivity contribution in [2.45, 2.75) is 44.7 Å². The van der Waals surface area contributed by atoms with Crippen molar-refractivity contribution in [3.63, 3.8) is 0 Å². The first-order valence-electron chi connectivity index (χ1n) is 13.5. The molecule has 0 spiro atoms. The summed E-state index contributed by atoms with van der Waals surface area (Å²) in [6.45, 7) is 3.56. The van der Waals surface area contributed by atoms with Gasteiger partial charge in [-0.25, -0.2) is 0 Å². The molecule has 0 aromatic heterocycles. The van der Waals surface area contributed by atoms with Crippen molar-refractivity contribution in [3.05, 3.63) is 83.9 Å². The van der Waals surface area contributed by atoms with Gasteiger partial charge in [-0.05, 0) is 85.2 Å². The quantitative estimate of drug-likeness (QED) is 0.324. The molecule has 0 bridgehead atoms. The fourth-order valence-electron chi connectivity index (χ4n) is 5.88. The monoisotopic (exact) mass is 498 g/mol. The normalized spacial score (nSPS) is 19.7. The van der Waals surface area contributed by atoms with E-state index in [-0.39, 0.29) is 5.91 Å². The smallest absolute Gasteiger partial charge is 0.254 e. The molecule has 37 heavy (non-hydrogen) atoms. The Morgan fingerprint density at radius 3 is 2.57 bits per heavy atom. The number of fused-ring (bicyclic) bond motifs is 1. The van der Waals surface area contributed by atoms with Crippen molar-refractivity contribution in [2.24, 2.45) is 5.92 Å². The second kappa shape index (κ2) is 11.8. The minimum atomic E-state index is 0.0292. The zero-order chi connectivity index (χ0) is 25.6. The highest BCUT2D eigenvalue weighted by Gasteiger charge is 2.30. The first kappa shape index (κ1) is 25.3. The van der Waals surface area contributed by atoms with Gasteiger partial charge < -0.3 is 14.4 Å². The molecular weight excluding hydrogens is 460 g/mol. The number of carbonyl (C=O) groups is 1. The number of ether oxygens (including phenoxy) is 2. The van der Waals surface area contributed by atoms with Crippen LogP contribution in [0.5, 0.6) is 11.5 Å². The number of hydrogen-bond acceptors (Lipinski definition) is 4. The molecular formula is C32H38N2O3. The molecule has 1 fully saturated rings. The molecule has 2 aliphatic rings. The van der Waals surface area contributed by atoms with Crippen LogP contribution in [-0.4, -0.2) is 55.6 Å². The van der Waals surface area contributed by atoms with Crippen molar-refractivity contribution >= 4 is 16.7 Å². The summed E-state index contributed by atoms with van der Waals surface area (Å²) < 4.78 is 10.9. The van der Waals surface area contributed by atoms with E-state index in [4.69, 9.17) is 9.47 Å². The minimum Gasteiger partial charge on any atom is -0.493 e. The molecule has 0 saturated carbocycles. The predicted molar refractivity (Wildman–Crippen MR) is 149 cm³/mol. The molecule has 1 amide bonds. The molecule has 1 aliphatic carbocycles. The van der Waals surface area contributed by atoms with E-state index in [1.807, 2.05) is 17.0 Å². The van der Waals surface area contributed by atoms with E-state index in [0.29, 0.717) is 29.6 Å². The Labute approximate surface area is 220 Å². The lowest BCUT2D eigenvalue weighted by Gasteiger charge is -2.33. The zero-order valence-corrected chi connectivity index (χ0v) is 22.1. The first-order chi connectivity index (χ1) is 18.1. The maximum absolute atomic E-state index is 14.0. The molecule has 194 valence electrons. The Bertz CT molecular complexity index is 1250. The lowest BCUT2D eigenvalue weighted by atomic mass is 9.93. The van der Waals surface area contributed by atoms with Crippen molar-refractivity contribution in [3.8, 4) is 11.5 Å². The number of benzene rings is 3. The molecule has 5 rings (SSSR count). The van der Waals surface area contributed by atoms with Crippen LogP contribution in [0.15, 0.2) is 72.8 Å². The number of allylic oxidation sites excluding steroid dienone is 2. The van der Waals surface area contributed by atoms with Gasteiger partial charge in [-0.2, -0.15) is 0 Å². The summed E-state index contributed by atoms with van der Waals surface area (Å²) in [6, 6.07) is 20.8. The summed E-state index contributed by atoms with van der Waals surface area (Å²) in [5.41, 5.74) is 1.77. The Morgan fingerprint density at radius 1 is 0.946 bits per heavy atom. The third-order valence-electron chi connectivity index (χ3n) is 7.91. The summed E-state index contributed by atoms with van der Waals surface area (Å²) in [7, 11) is 3.22. The summed E-state index contributed by atoms with van der Waals surface area (Å²) >= 11 is 0. The Hall–Kier alpha value is -3.31. The van der Waals surface area contributed by atoms with E-state index in [9.17, 15) is 4.79 Å². The van der Waals surface area contributed by atoms with Gasteiger partial charge in [0.25, 0.3) is 5.91 Å². The minimum absolute atomic E-state index is 0.0292. The molecule has 1 saturated heterocycles. The third-order valence-corrected chi connectivity index (χ3v) is 7.91. The van der Waals surface area contributed by atoms with E-state index in [1.54, 1.807) is 20.3 Å². The maximum atomic E-state index is 14.0. The van der Waals surface area contributed by atoms with Crippen LogP contribution < -0.4 is 9.47 Å². The van der Waals surface area contributed by atoms with Gasteiger partial charge in [0.05, 0.1) is 14.2 Å². The lowest BCUT2D eigenvalue weighted by molar-refractivity contribution is 0.0679. The van der Waals surface area contributed by atoms with E-state index in [0.717, 1.165) is 37.5 Å². The SMILES string of the molecule is COc1ccc(C(=O)N(Cc2ccc3ccccc3c2)CC2CCCN2CC2CC=CCC2)cc1OC. The topological polar surface area (TPSA) is 42.0 Å². The van der Waals surface area contributed by atoms with Crippen LogP contribution in [0.25, 0.3) is 10.8 Å². The number of rotatable bonds is 9. The highest BCUT2D eigenvalue weighted by molar-refractivity contribution is 5.95. The largest absolute Gasteiger partial charge is 0.493 e. The highest BCUT2D eigenvalue weighted by Crippen LogP contribution is 2.30. The number of carbonyl (C=O) groups excluding carboxylic acids is 1. The van der Waals surface area contributed by atoms with E-state index < -0.39 is 0 Å². The van der Waals surface area contributed by atoms with Crippen molar-refractivity contribution < 1.29 is 14.3 Å². The van der Waals surface area contributed by atoms with Gasteiger partial charge in [-0.3, -0.25) is 9.69 Å². The second-order valence-corrected chi connectivity index (χ2v) is 10.4. The third kappa shape index (κ3) is 5.99. The van der Waals surface area contributed by atoms with E-state index in [1.165, 1.54) is 36.5 Å². The molecule has 0 radical (unpaired) electrons. The first-order valence-corrected chi connectivity index (χ1v) is 13.5. The van der Waals surface area contributed by atoms with Crippen molar-refractivity contribution in [1.29, 1.82) is 0 Å².